The molecule has 22 heavy (non-hydrogen) atoms. The summed E-state index contributed by atoms with van der Waals surface area (Å²) in [6.45, 7) is 2.61. The third-order valence-corrected chi connectivity index (χ3v) is 4.22. The third kappa shape index (κ3) is 2.21. The number of esters is 1. The largest absolute Gasteiger partial charge is 0.462 e. The van der Waals surface area contributed by atoms with Crippen molar-refractivity contribution in [1.82, 2.24) is 4.98 Å². The van der Waals surface area contributed by atoms with Crippen molar-refractivity contribution in [1.29, 1.82) is 0 Å². The Bertz CT molecular complexity index is 781. The van der Waals surface area contributed by atoms with Crippen molar-refractivity contribution in [3.05, 3.63) is 64.5 Å². The van der Waals surface area contributed by atoms with Crippen LogP contribution in [0, 0.1) is 0 Å². The van der Waals surface area contributed by atoms with Crippen LogP contribution >= 0.6 is 0 Å². The monoisotopic (exact) mass is 292 g/mol. The van der Waals surface area contributed by atoms with Gasteiger partial charge >= 0.3 is 5.97 Å². The summed E-state index contributed by atoms with van der Waals surface area (Å²) < 4.78 is 5.36. The predicted octanol–water partition coefficient (Wildman–Crippen LogP) is 2.46. The van der Waals surface area contributed by atoms with Gasteiger partial charge in [-0.15, -0.1) is 0 Å². The molecule has 0 saturated carbocycles. The minimum absolute atomic E-state index is 0.0745. The van der Waals surface area contributed by atoms with Crippen LogP contribution in [-0.2, 0) is 28.9 Å². The standard InChI is InChI=1S/C18H16N2O2/c1-11-6-13-8-16-15(7-14(13)9-17(21)22-11)10-20-18(16)12-2-4-19-5-3-12/h2-5,7-8,11H,6,9-10H2,1H3. The van der Waals surface area contributed by atoms with Gasteiger partial charge in [-0.3, -0.25) is 14.8 Å². The molecule has 0 amide bonds. The van der Waals surface area contributed by atoms with Gasteiger partial charge in [0.1, 0.15) is 6.10 Å². The molecule has 0 N–H and O–H groups in total. The van der Waals surface area contributed by atoms with E-state index in [1.165, 1.54) is 16.7 Å². The molecule has 1 atom stereocenters. The Morgan fingerprint density at radius 3 is 2.77 bits per heavy atom. The molecule has 0 saturated heterocycles. The lowest BCUT2D eigenvalue weighted by molar-refractivity contribution is -0.146. The first-order valence-corrected chi connectivity index (χ1v) is 7.50. The number of carbonyl (C=O) groups is 1. The SMILES string of the molecule is CC1Cc2cc3c(cc2CC(=O)O1)CN=C3c1ccncc1. The molecule has 4 heteroatoms. The molecule has 2 aliphatic rings. The Morgan fingerprint density at radius 2 is 1.95 bits per heavy atom. The lowest BCUT2D eigenvalue weighted by Crippen LogP contribution is -2.14. The predicted molar refractivity (Wildman–Crippen MR) is 83.0 cm³/mol. The van der Waals surface area contributed by atoms with E-state index >= 15 is 0 Å². The fourth-order valence-electron chi connectivity index (χ4n) is 3.23. The van der Waals surface area contributed by atoms with E-state index < -0.39 is 0 Å². The Hall–Kier alpha value is -2.49. The topological polar surface area (TPSA) is 51.5 Å². The molecule has 0 aliphatic carbocycles. The van der Waals surface area contributed by atoms with Gasteiger partial charge in [-0.1, -0.05) is 6.07 Å². The van der Waals surface area contributed by atoms with E-state index in [1.807, 2.05) is 19.1 Å². The summed E-state index contributed by atoms with van der Waals surface area (Å²) in [4.78, 5) is 20.5. The van der Waals surface area contributed by atoms with Gasteiger partial charge in [-0.25, -0.2) is 0 Å². The van der Waals surface area contributed by atoms with Crippen molar-refractivity contribution in [2.24, 2.45) is 4.99 Å². The number of cyclic esters (lactones) is 1. The number of fused-ring (bicyclic) bond motifs is 2. The van der Waals surface area contributed by atoms with Crippen LogP contribution in [0.4, 0.5) is 0 Å². The van der Waals surface area contributed by atoms with Crippen LogP contribution in [0.2, 0.25) is 0 Å². The highest BCUT2D eigenvalue weighted by Gasteiger charge is 2.24. The van der Waals surface area contributed by atoms with Crippen LogP contribution in [0.5, 0.6) is 0 Å². The minimum Gasteiger partial charge on any atom is -0.462 e. The van der Waals surface area contributed by atoms with E-state index in [1.54, 1.807) is 12.4 Å². The fourth-order valence-corrected chi connectivity index (χ4v) is 3.23. The number of carbonyl (C=O) groups excluding carboxylic acids is 1. The van der Waals surface area contributed by atoms with E-state index in [0.717, 1.165) is 23.3 Å². The molecule has 1 aromatic heterocycles. The first-order chi connectivity index (χ1) is 10.7. The van der Waals surface area contributed by atoms with Gasteiger partial charge in [0.15, 0.2) is 0 Å². The zero-order chi connectivity index (χ0) is 15.1. The molecule has 0 radical (unpaired) electrons. The van der Waals surface area contributed by atoms with Crippen LogP contribution in [-0.4, -0.2) is 22.8 Å². The highest BCUT2D eigenvalue weighted by Crippen LogP contribution is 2.29. The van der Waals surface area contributed by atoms with Crippen LogP contribution in [0.3, 0.4) is 0 Å². The average Bonchev–Trinajstić information content (AvgIpc) is 2.84. The minimum atomic E-state index is -0.139. The molecular formula is C18H16N2O2. The highest BCUT2D eigenvalue weighted by molar-refractivity contribution is 6.15. The van der Waals surface area contributed by atoms with E-state index in [-0.39, 0.29) is 12.1 Å². The lowest BCUT2D eigenvalue weighted by atomic mass is 9.92. The number of hydrogen-bond donors (Lipinski definition) is 0. The second-order valence-corrected chi connectivity index (χ2v) is 5.86. The Kier molecular flexibility index (Phi) is 3.03. The maximum absolute atomic E-state index is 11.8. The maximum atomic E-state index is 11.8. The molecule has 1 unspecified atom stereocenters. The molecule has 110 valence electrons. The third-order valence-electron chi connectivity index (χ3n) is 4.22. The van der Waals surface area contributed by atoms with Gasteiger partial charge in [0.05, 0.1) is 18.7 Å². The highest BCUT2D eigenvalue weighted by atomic mass is 16.5. The number of aromatic nitrogens is 1. The number of hydrogen-bond acceptors (Lipinski definition) is 4. The Morgan fingerprint density at radius 1 is 1.14 bits per heavy atom. The molecule has 0 spiro atoms. The number of benzene rings is 1. The maximum Gasteiger partial charge on any atom is 0.310 e. The first-order valence-electron chi connectivity index (χ1n) is 7.50. The van der Waals surface area contributed by atoms with E-state index in [9.17, 15) is 4.79 Å². The summed E-state index contributed by atoms with van der Waals surface area (Å²) in [5.41, 5.74) is 6.74. The number of nitrogens with zero attached hydrogens (tertiary/aromatic N) is 2. The number of pyridine rings is 1. The van der Waals surface area contributed by atoms with Gasteiger partial charge in [-0.05, 0) is 41.8 Å². The van der Waals surface area contributed by atoms with Crippen molar-refractivity contribution in [3.63, 3.8) is 0 Å². The van der Waals surface area contributed by atoms with Gasteiger partial charge < -0.3 is 4.74 Å². The number of aliphatic imine (C=N–C) groups is 1. The van der Waals surface area contributed by atoms with Gasteiger partial charge in [-0.2, -0.15) is 0 Å². The molecule has 2 aromatic rings. The molecule has 1 aromatic carbocycles. The average molecular weight is 292 g/mol. The Balaban J connectivity index is 1.79. The van der Waals surface area contributed by atoms with Crippen molar-refractivity contribution < 1.29 is 9.53 Å². The van der Waals surface area contributed by atoms with E-state index in [4.69, 9.17) is 4.74 Å². The summed E-state index contributed by atoms with van der Waals surface area (Å²) >= 11 is 0. The normalized spacial score (nSPS) is 19.8. The van der Waals surface area contributed by atoms with Crippen molar-refractivity contribution in [2.75, 3.05) is 0 Å². The van der Waals surface area contributed by atoms with Crippen LogP contribution < -0.4 is 0 Å². The summed E-state index contributed by atoms with van der Waals surface area (Å²) in [6, 6.07) is 8.28. The zero-order valence-electron chi connectivity index (χ0n) is 12.4. The van der Waals surface area contributed by atoms with Gasteiger partial charge in [0.2, 0.25) is 0 Å². The molecule has 4 rings (SSSR count). The summed E-state index contributed by atoms with van der Waals surface area (Å²) in [5, 5.41) is 0. The number of rotatable bonds is 1. The summed E-state index contributed by atoms with van der Waals surface area (Å²) in [7, 11) is 0. The smallest absolute Gasteiger partial charge is 0.310 e. The molecule has 4 nitrogen and oxygen atoms in total. The van der Waals surface area contributed by atoms with Crippen LogP contribution in [0.1, 0.15) is 34.7 Å². The van der Waals surface area contributed by atoms with Crippen LogP contribution in [0.15, 0.2) is 41.7 Å². The van der Waals surface area contributed by atoms with Gasteiger partial charge in [0.25, 0.3) is 0 Å². The van der Waals surface area contributed by atoms with Crippen LogP contribution in [0.25, 0.3) is 0 Å². The molecule has 0 fully saturated rings. The Labute approximate surface area is 128 Å². The van der Waals surface area contributed by atoms with Crippen molar-refractivity contribution in [2.45, 2.75) is 32.4 Å². The fraction of sp³-hybridized carbons (Fsp3) is 0.278. The van der Waals surface area contributed by atoms with Crippen molar-refractivity contribution >= 4 is 11.7 Å². The zero-order valence-corrected chi connectivity index (χ0v) is 12.4. The summed E-state index contributed by atoms with van der Waals surface area (Å²) in [5.74, 6) is -0.139. The molecule has 0 bridgehead atoms. The van der Waals surface area contributed by atoms with Crippen molar-refractivity contribution in [3.8, 4) is 0 Å². The first kappa shape index (κ1) is 13.2. The second-order valence-electron chi connectivity index (χ2n) is 5.86. The second kappa shape index (κ2) is 5.05. The molecule has 3 heterocycles. The molecular weight excluding hydrogens is 276 g/mol. The molecule has 2 aliphatic heterocycles. The summed E-state index contributed by atoms with van der Waals surface area (Å²) in [6.07, 6.45) is 4.62. The number of ether oxygens (including phenoxy) is 1. The quantitative estimate of drug-likeness (QED) is 0.759. The van der Waals surface area contributed by atoms with E-state index in [2.05, 4.69) is 22.1 Å². The van der Waals surface area contributed by atoms with Gasteiger partial charge in [0, 0.05) is 29.9 Å². The lowest BCUT2D eigenvalue weighted by Gasteiger charge is -2.11. The van der Waals surface area contributed by atoms with E-state index in [0.29, 0.717) is 13.0 Å².